The van der Waals surface area contributed by atoms with Gasteiger partial charge in [-0.3, -0.25) is 19.1 Å². The molecule has 0 saturated carbocycles. The largest absolute Gasteiger partial charge is 0.464 e. The van der Waals surface area contributed by atoms with Crippen LogP contribution >= 0.6 is 0 Å². The van der Waals surface area contributed by atoms with E-state index in [0.29, 0.717) is 18.0 Å². The van der Waals surface area contributed by atoms with Crippen LogP contribution in [0, 0.1) is 12.8 Å². The van der Waals surface area contributed by atoms with E-state index >= 15 is 0 Å². The zero-order valence-electron chi connectivity index (χ0n) is 20.7. The van der Waals surface area contributed by atoms with Crippen LogP contribution in [0.1, 0.15) is 50.3 Å². The lowest BCUT2D eigenvalue weighted by Gasteiger charge is -2.24. The van der Waals surface area contributed by atoms with E-state index in [1.54, 1.807) is 6.26 Å². The fraction of sp³-hybridized carbons (Fsp3) is 0.480. The van der Waals surface area contributed by atoms with Crippen molar-refractivity contribution < 1.29 is 13.9 Å². The fourth-order valence-corrected chi connectivity index (χ4v) is 4.19. The van der Waals surface area contributed by atoms with Gasteiger partial charge in [0.05, 0.1) is 19.3 Å². The van der Waals surface area contributed by atoms with Crippen LogP contribution in [0.2, 0.25) is 0 Å². The van der Waals surface area contributed by atoms with Crippen LogP contribution in [0.4, 0.5) is 11.5 Å². The molecule has 0 aliphatic carbocycles. The quantitative estimate of drug-likeness (QED) is 0.495. The van der Waals surface area contributed by atoms with Crippen molar-refractivity contribution in [2.75, 3.05) is 30.9 Å². The van der Waals surface area contributed by atoms with Crippen LogP contribution in [0.25, 0.3) is 11.0 Å². The van der Waals surface area contributed by atoms with Crippen LogP contribution in [0.15, 0.2) is 32.4 Å². The molecule has 9 nitrogen and oxygen atoms in total. The average molecular weight is 471 g/mol. The number of hydrogen-bond donors (Lipinski definition) is 2. The molecule has 2 heterocycles. The number of hydrogen-bond acceptors (Lipinski definition) is 6. The second kappa shape index (κ2) is 10.3. The van der Waals surface area contributed by atoms with E-state index < -0.39 is 11.2 Å². The predicted molar refractivity (Wildman–Crippen MR) is 134 cm³/mol. The third-order valence-electron chi connectivity index (χ3n) is 5.86. The maximum absolute atomic E-state index is 13.5. The number of furan rings is 1. The number of fused-ring (bicyclic) bond motifs is 1. The van der Waals surface area contributed by atoms with Crippen molar-refractivity contribution in [3.8, 4) is 0 Å². The zero-order chi connectivity index (χ0) is 25.2. The number of amides is 1. The van der Waals surface area contributed by atoms with Crippen LogP contribution in [0.5, 0.6) is 0 Å². The molecule has 0 atom stereocenters. The molecule has 0 saturated heterocycles. The van der Waals surface area contributed by atoms with Gasteiger partial charge < -0.3 is 19.8 Å². The Morgan fingerprint density at radius 3 is 2.56 bits per heavy atom. The number of H-pyrrole nitrogens is 1. The molecule has 1 amide bonds. The highest BCUT2D eigenvalue weighted by molar-refractivity contribution is 5.99. The summed E-state index contributed by atoms with van der Waals surface area (Å²) in [5, 5.41) is 0.862. The van der Waals surface area contributed by atoms with E-state index in [0.717, 1.165) is 16.5 Å². The summed E-state index contributed by atoms with van der Waals surface area (Å²) in [6.07, 6.45) is 1.58. The first-order chi connectivity index (χ1) is 16.0. The Morgan fingerprint density at radius 1 is 1.24 bits per heavy atom. The molecule has 34 heavy (non-hydrogen) atoms. The predicted octanol–water partition coefficient (Wildman–Crippen LogP) is 3.17. The molecule has 9 heteroatoms. The molecule has 3 aromatic rings. The molecule has 0 spiro atoms. The highest BCUT2D eigenvalue weighted by atomic mass is 16.5. The summed E-state index contributed by atoms with van der Waals surface area (Å²) in [5.74, 6) is 0.0410. The molecular formula is C25H34N4O5. The number of anilines is 2. The Morgan fingerprint density at radius 2 is 1.94 bits per heavy atom. The number of aryl methyl sites for hydroxylation is 1. The van der Waals surface area contributed by atoms with E-state index in [1.165, 1.54) is 22.1 Å². The summed E-state index contributed by atoms with van der Waals surface area (Å²) in [4.78, 5) is 42.2. The Balaban J connectivity index is 2.05. The van der Waals surface area contributed by atoms with Crippen LogP contribution < -0.4 is 21.9 Å². The van der Waals surface area contributed by atoms with E-state index in [2.05, 4.69) is 24.9 Å². The van der Waals surface area contributed by atoms with Crippen molar-refractivity contribution >= 4 is 28.4 Å². The lowest BCUT2D eigenvalue weighted by Crippen LogP contribution is -2.43. The van der Waals surface area contributed by atoms with Gasteiger partial charge >= 0.3 is 5.69 Å². The van der Waals surface area contributed by atoms with Crippen LogP contribution in [-0.2, 0) is 22.5 Å². The maximum Gasteiger partial charge on any atom is 0.330 e. The minimum Gasteiger partial charge on any atom is -0.464 e. The highest BCUT2D eigenvalue weighted by Crippen LogP contribution is 2.30. The maximum atomic E-state index is 13.5. The molecule has 2 aromatic heterocycles. The Labute approximate surface area is 198 Å². The van der Waals surface area contributed by atoms with E-state index in [1.807, 2.05) is 26.8 Å². The number of nitrogen functional groups attached to an aromatic ring is 1. The molecule has 0 unspecified atom stereocenters. The average Bonchev–Trinajstić information content (AvgIpc) is 3.13. The highest BCUT2D eigenvalue weighted by Gasteiger charge is 2.25. The second-order valence-corrected chi connectivity index (χ2v) is 9.33. The number of ether oxygens (including phenoxy) is 1. The topological polar surface area (TPSA) is 124 Å². The third kappa shape index (κ3) is 5.09. The summed E-state index contributed by atoms with van der Waals surface area (Å²) < 4.78 is 12.2. The number of rotatable bonds is 9. The number of carbonyl (C=O) groups is 1. The van der Waals surface area contributed by atoms with Gasteiger partial charge in [-0.05, 0) is 42.0 Å². The number of aromatic amines is 1. The number of nitrogens with zero attached hydrogens (tertiary/aromatic N) is 2. The molecule has 0 fully saturated rings. The van der Waals surface area contributed by atoms with Crippen molar-refractivity contribution in [3.05, 3.63) is 55.9 Å². The fourth-order valence-electron chi connectivity index (χ4n) is 4.19. The lowest BCUT2D eigenvalue weighted by molar-refractivity contribution is -0.118. The van der Waals surface area contributed by atoms with E-state index in [-0.39, 0.29) is 42.9 Å². The van der Waals surface area contributed by atoms with Gasteiger partial charge in [-0.2, -0.15) is 0 Å². The van der Waals surface area contributed by atoms with Gasteiger partial charge in [-0.1, -0.05) is 27.7 Å². The second-order valence-electron chi connectivity index (χ2n) is 9.33. The van der Waals surface area contributed by atoms with Gasteiger partial charge in [0.15, 0.2) is 5.69 Å². The summed E-state index contributed by atoms with van der Waals surface area (Å²) in [6, 6.07) is 4.04. The molecule has 184 valence electrons. The van der Waals surface area contributed by atoms with E-state index in [9.17, 15) is 14.4 Å². The minimum atomic E-state index is -0.707. The van der Waals surface area contributed by atoms with Gasteiger partial charge in [-0.15, -0.1) is 0 Å². The molecule has 0 aliphatic rings. The number of benzene rings is 1. The molecule has 3 rings (SSSR count). The molecule has 3 N–H and O–H groups in total. The summed E-state index contributed by atoms with van der Waals surface area (Å²) in [5.41, 5.74) is 8.64. The zero-order valence-corrected chi connectivity index (χ0v) is 20.7. The van der Waals surface area contributed by atoms with Crippen LogP contribution in [0.3, 0.4) is 0 Å². The Hall–Kier alpha value is -3.33. The minimum absolute atomic E-state index is 0.000499. The normalized spacial score (nSPS) is 11.6. The van der Waals surface area contributed by atoms with Crippen molar-refractivity contribution in [1.29, 1.82) is 0 Å². The van der Waals surface area contributed by atoms with E-state index in [4.69, 9.17) is 14.9 Å². The first-order valence-electron chi connectivity index (χ1n) is 11.5. The number of nitrogens with one attached hydrogen (secondary N) is 1. The molecule has 0 radical (unpaired) electrons. The van der Waals surface area contributed by atoms with Gasteiger partial charge in [-0.25, -0.2) is 4.79 Å². The molecular weight excluding hydrogens is 436 g/mol. The van der Waals surface area contributed by atoms with Crippen molar-refractivity contribution in [2.45, 2.75) is 53.5 Å². The molecule has 0 bridgehead atoms. The summed E-state index contributed by atoms with van der Waals surface area (Å²) >= 11 is 0. The lowest BCUT2D eigenvalue weighted by atomic mass is 9.95. The van der Waals surface area contributed by atoms with Gasteiger partial charge in [0, 0.05) is 31.1 Å². The number of nitrogens with two attached hydrogens (primary N) is 1. The van der Waals surface area contributed by atoms with Gasteiger partial charge in [0.1, 0.15) is 11.4 Å². The van der Waals surface area contributed by atoms with Gasteiger partial charge in [0.25, 0.3) is 5.56 Å². The Kier molecular flexibility index (Phi) is 7.66. The molecule has 1 aromatic carbocycles. The molecule has 0 aliphatic heterocycles. The van der Waals surface area contributed by atoms with Crippen molar-refractivity contribution in [3.63, 3.8) is 0 Å². The number of carbonyl (C=O) groups excluding carboxylic acids is 1. The smallest absolute Gasteiger partial charge is 0.330 e. The number of aromatic nitrogens is 2. The summed E-state index contributed by atoms with van der Waals surface area (Å²) in [7, 11) is 1.51. The van der Waals surface area contributed by atoms with Crippen LogP contribution in [-0.4, -0.2) is 35.7 Å². The SMILES string of the molecule is COCCN(C(=O)Cc1coc2cc(C)c(C(C)C)cc12)c1c(N)n(CC(C)C)c(=O)[nH]c1=O. The standard InChI is InChI=1S/C25H34N4O5/c1-14(2)12-29-23(26)22(24(31)27-25(29)32)28(7-8-33-6)21(30)10-17-13-34-20-9-16(5)18(15(3)4)11-19(17)20/h9,11,13-15H,7-8,10,12,26H2,1-6H3,(H,27,31,32). The monoisotopic (exact) mass is 470 g/mol. The van der Waals surface area contributed by atoms with Gasteiger partial charge in [0.2, 0.25) is 5.91 Å². The van der Waals surface area contributed by atoms with Crippen molar-refractivity contribution in [1.82, 2.24) is 9.55 Å². The summed E-state index contributed by atoms with van der Waals surface area (Å²) in [6.45, 7) is 10.7. The first-order valence-corrected chi connectivity index (χ1v) is 11.5. The Bertz CT molecular complexity index is 1300. The third-order valence-corrected chi connectivity index (χ3v) is 5.86. The number of methoxy groups -OCH3 is 1. The first kappa shape index (κ1) is 25.3. The van der Waals surface area contributed by atoms with Crippen molar-refractivity contribution in [2.24, 2.45) is 5.92 Å².